The van der Waals surface area contributed by atoms with Crippen LogP contribution in [-0.4, -0.2) is 36.2 Å². The summed E-state index contributed by atoms with van der Waals surface area (Å²) in [6, 6.07) is 0. The van der Waals surface area contributed by atoms with Crippen LogP contribution in [0.1, 0.15) is 47.0 Å². The van der Waals surface area contributed by atoms with E-state index in [2.05, 4.69) is 10.2 Å². The Balaban J connectivity index is 2.22. The number of nitrogens with zero attached hydrogens (tertiary/aromatic N) is 1. The normalized spacial score (nSPS) is 14.9. The number of ether oxygens (including phenoxy) is 1. The first-order valence-corrected chi connectivity index (χ1v) is 8.57. The van der Waals surface area contributed by atoms with Gasteiger partial charge in [0, 0.05) is 18.0 Å². The van der Waals surface area contributed by atoms with Gasteiger partial charge in [0.05, 0.1) is 12.7 Å². The Kier molecular flexibility index (Phi) is 5.58. The lowest BCUT2D eigenvalue weighted by Crippen LogP contribution is -2.38. The number of piperidine rings is 1. The Morgan fingerprint density at radius 3 is 2.62 bits per heavy atom. The molecule has 0 bridgehead atoms. The number of nitrogens with one attached hydrogen (secondary N) is 1. The second kappa shape index (κ2) is 7.22. The van der Waals surface area contributed by atoms with Crippen LogP contribution < -0.4 is 5.32 Å². The SMILES string of the molecule is CCc1c(C)sc(NC(=S)N2CCCCC2)c1C(=O)OC. The first-order chi connectivity index (χ1) is 10.1. The van der Waals surface area contributed by atoms with Gasteiger partial charge in [-0.1, -0.05) is 6.92 Å². The van der Waals surface area contributed by atoms with Gasteiger partial charge < -0.3 is 15.0 Å². The fraction of sp³-hybridized carbons (Fsp3) is 0.600. The molecular weight excluding hydrogens is 304 g/mol. The molecule has 2 rings (SSSR count). The summed E-state index contributed by atoms with van der Waals surface area (Å²) in [5.74, 6) is -0.292. The van der Waals surface area contributed by atoms with Gasteiger partial charge in [0.25, 0.3) is 0 Å². The van der Waals surface area contributed by atoms with Gasteiger partial charge in [-0.2, -0.15) is 0 Å². The first-order valence-electron chi connectivity index (χ1n) is 7.35. The maximum absolute atomic E-state index is 12.1. The Morgan fingerprint density at radius 2 is 2.05 bits per heavy atom. The van der Waals surface area contributed by atoms with Gasteiger partial charge in [0.1, 0.15) is 5.00 Å². The molecule has 1 N–H and O–H groups in total. The highest BCUT2D eigenvalue weighted by Crippen LogP contribution is 2.34. The summed E-state index contributed by atoms with van der Waals surface area (Å²) in [5.41, 5.74) is 1.69. The number of rotatable bonds is 3. The summed E-state index contributed by atoms with van der Waals surface area (Å²) in [4.78, 5) is 15.4. The summed E-state index contributed by atoms with van der Waals surface area (Å²) >= 11 is 7.07. The molecule has 1 aromatic heterocycles. The van der Waals surface area contributed by atoms with E-state index in [0.29, 0.717) is 10.7 Å². The van der Waals surface area contributed by atoms with E-state index in [1.165, 1.54) is 26.4 Å². The van der Waals surface area contributed by atoms with Crippen LogP contribution in [-0.2, 0) is 11.2 Å². The molecule has 1 saturated heterocycles. The summed E-state index contributed by atoms with van der Waals surface area (Å²) in [6.45, 7) is 6.06. The number of thiophene rings is 1. The zero-order valence-electron chi connectivity index (χ0n) is 12.8. The summed E-state index contributed by atoms with van der Waals surface area (Å²) in [6.07, 6.45) is 4.43. The zero-order valence-corrected chi connectivity index (χ0v) is 14.5. The molecule has 0 spiro atoms. The Bertz CT molecular complexity index is 534. The Morgan fingerprint density at radius 1 is 1.38 bits per heavy atom. The summed E-state index contributed by atoms with van der Waals surface area (Å²) in [5, 5.41) is 4.79. The topological polar surface area (TPSA) is 41.6 Å². The van der Waals surface area contributed by atoms with Crippen LogP contribution in [0.5, 0.6) is 0 Å². The van der Waals surface area contributed by atoms with Gasteiger partial charge in [-0.15, -0.1) is 11.3 Å². The molecular formula is C15H22N2O2S2. The van der Waals surface area contributed by atoms with E-state index in [9.17, 15) is 4.79 Å². The van der Waals surface area contributed by atoms with Crippen molar-refractivity contribution in [2.24, 2.45) is 0 Å². The minimum atomic E-state index is -0.292. The highest BCUT2D eigenvalue weighted by molar-refractivity contribution is 7.80. The molecule has 0 radical (unpaired) electrons. The number of carbonyl (C=O) groups is 1. The monoisotopic (exact) mass is 326 g/mol. The predicted octanol–water partition coefficient (Wildman–Crippen LogP) is 3.59. The van der Waals surface area contributed by atoms with Crippen molar-refractivity contribution >= 4 is 39.6 Å². The van der Waals surface area contributed by atoms with E-state index in [1.807, 2.05) is 13.8 Å². The number of aryl methyl sites for hydroxylation is 1. The third-order valence-electron chi connectivity index (χ3n) is 3.82. The van der Waals surface area contributed by atoms with Gasteiger partial charge in [-0.25, -0.2) is 4.79 Å². The van der Waals surface area contributed by atoms with Crippen molar-refractivity contribution < 1.29 is 9.53 Å². The number of methoxy groups -OCH3 is 1. The minimum Gasteiger partial charge on any atom is -0.465 e. The number of esters is 1. The van der Waals surface area contributed by atoms with E-state index in [-0.39, 0.29) is 5.97 Å². The third-order valence-corrected chi connectivity index (χ3v) is 5.24. The second-order valence-electron chi connectivity index (χ2n) is 5.16. The lowest BCUT2D eigenvalue weighted by atomic mass is 10.1. The predicted molar refractivity (Wildman–Crippen MR) is 91.4 cm³/mol. The minimum absolute atomic E-state index is 0.292. The van der Waals surface area contributed by atoms with Crippen LogP contribution in [0.3, 0.4) is 0 Å². The van der Waals surface area contributed by atoms with E-state index in [0.717, 1.165) is 35.0 Å². The summed E-state index contributed by atoms with van der Waals surface area (Å²) < 4.78 is 4.93. The van der Waals surface area contributed by atoms with Crippen LogP contribution in [0.2, 0.25) is 0 Å². The van der Waals surface area contributed by atoms with Crippen LogP contribution in [0.4, 0.5) is 5.00 Å². The smallest absolute Gasteiger partial charge is 0.341 e. The fourth-order valence-electron chi connectivity index (χ4n) is 2.68. The molecule has 6 heteroatoms. The van der Waals surface area contributed by atoms with Crippen molar-refractivity contribution in [3.63, 3.8) is 0 Å². The van der Waals surface area contributed by atoms with Gasteiger partial charge in [-0.3, -0.25) is 0 Å². The first kappa shape index (κ1) is 16.2. The molecule has 0 aromatic carbocycles. The van der Waals surface area contributed by atoms with E-state index in [4.69, 9.17) is 17.0 Å². The van der Waals surface area contributed by atoms with Gasteiger partial charge in [0.2, 0.25) is 0 Å². The molecule has 0 aliphatic carbocycles. The molecule has 21 heavy (non-hydrogen) atoms. The van der Waals surface area contributed by atoms with E-state index < -0.39 is 0 Å². The molecule has 116 valence electrons. The van der Waals surface area contributed by atoms with Gasteiger partial charge >= 0.3 is 5.97 Å². The van der Waals surface area contributed by atoms with Crippen molar-refractivity contribution in [1.82, 2.24) is 4.90 Å². The lowest BCUT2D eigenvalue weighted by molar-refractivity contribution is 0.0601. The number of likely N-dealkylation sites (tertiary alicyclic amines) is 1. The molecule has 1 aromatic rings. The standard InChI is InChI=1S/C15H22N2O2S2/c1-4-11-10(2)21-13(12(11)14(18)19-3)16-15(20)17-8-6-5-7-9-17/h4-9H2,1-3H3,(H,16,20). The van der Waals surface area contributed by atoms with Crippen molar-refractivity contribution in [2.75, 3.05) is 25.5 Å². The zero-order chi connectivity index (χ0) is 15.4. The fourth-order valence-corrected chi connectivity index (χ4v) is 4.17. The molecule has 2 heterocycles. The second-order valence-corrected chi connectivity index (χ2v) is 6.78. The number of hydrogen-bond donors (Lipinski definition) is 1. The van der Waals surface area contributed by atoms with Crippen LogP contribution >= 0.6 is 23.6 Å². The average Bonchev–Trinajstić information content (AvgIpc) is 2.82. The quantitative estimate of drug-likeness (QED) is 0.679. The van der Waals surface area contributed by atoms with Crippen molar-refractivity contribution in [3.05, 3.63) is 16.0 Å². The molecule has 0 unspecified atom stereocenters. The molecule has 1 fully saturated rings. The molecule has 4 nitrogen and oxygen atoms in total. The highest BCUT2D eigenvalue weighted by atomic mass is 32.1. The summed E-state index contributed by atoms with van der Waals surface area (Å²) in [7, 11) is 1.42. The van der Waals surface area contributed by atoms with Crippen molar-refractivity contribution in [1.29, 1.82) is 0 Å². The molecule has 0 saturated carbocycles. The number of carbonyl (C=O) groups excluding carboxylic acids is 1. The lowest BCUT2D eigenvalue weighted by Gasteiger charge is -2.29. The largest absolute Gasteiger partial charge is 0.465 e. The number of thiocarbonyl (C=S) groups is 1. The Hall–Kier alpha value is -1.14. The molecule has 1 aliphatic heterocycles. The molecule has 1 aliphatic rings. The Labute approximate surface area is 135 Å². The highest BCUT2D eigenvalue weighted by Gasteiger charge is 2.23. The van der Waals surface area contributed by atoms with E-state index >= 15 is 0 Å². The maximum Gasteiger partial charge on any atom is 0.341 e. The number of hydrogen-bond acceptors (Lipinski definition) is 4. The van der Waals surface area contributed by atoms with Crippen LogP contribution in [0, 0.1) is 6.92 Å². The number of anilines is 1. The average molecular weight is 326 g/mol. The van der Waals surface area contributed by atoms with Crippen molar-refractivity contribution in [3.8, 4) is 0 Å². The van der Waals surface area contributed by atoms with Crippen LogP contribution in [0.25, 0.3) is 0 Å². The van der Waals surface area contributed by atoms with Gasteiger partial charge in [-0.05, 0) is 50.4 Å². The van der Waals surface area contributed by atoms with Gasteiger partial charge in [0.15, 0.2) is 5.11 Å². The van der Waals surface area contributed by atoms with Crippen LogP contribution in [0.15, 0.2) is 0 Å². The van der Waals surface area contributed by atoms with Crippen molar-refractivity contribution in [2.45, 2.75) is 39.5 Å². The molecule has 0 amide bonds. The molecule has 0 atom stereocenters. The van der Waals surface area contributed by atoms with E-state index in [1.54, 1.807) is 11.3 Å². The third kappa shape index (κ3) is 3.55. The maximum atomic E-state index is 12.1.